The average molecular weight is 403 g/mol. The number of aryl methyl sites for hydroxylation is 2. The summed E-state index contributed by atoms with van der Waals surface area (Å²) in [4.78, 5) is 17.6. The zero-order valence-corrected chi connectivity index (χ0v) is 15.7. The number of rotatable bonds is 4. The van der Waals surface area contributed by atoms with Gasteiger partial charge in [0.15, 0.2) is 0 Å². The molecule has 1 unspecified atom stereocenters. The summed E-state index contributed by atoms with van der Waals surface area (Å²) in [5.41, 5.74) is -2.90. The Morgan fingerprint density at radius 1 is 1.37 bits per heavy atom. The van der Waals surface area contributed by atoms with Crippen molar-refractivity contribution in [2.45, 2.75) is 43.9 Å². The molecule has 2 aromatic heterocycles. The maximum atomic E-state index is 13.5. The van der Waals surface area contributed by atoms with Crippen molar-refractivity contribution in [3.8, 4) is 0 Å². The van der Waals surface area contributed by atoms with Crippen molar-refractivity contribution in [3.63, 3.8) is 0 Å². The highest BCUT2D eigenvalue weighted by molar-refractivity contribution is 7.09. The van der Waals surface area contributed by atoms with Gasteiger partial charge in [-0.05, 0) is 19.8 Å². The van der Waals surface area contributed by atoms with Gasteiger partial charge in [-0.15, -0.1) is 21.5 Å². The Kier molecular flexibility index (Phi) is 5.26. The van der Waals surface area contributed by atoms with E-state index in [-0.39, 0.29) is 5.92 Å². The van der Waals surface area contributed by atoms with E-state index in [1.165, 1.54) is 17.2 Å². The number of halogens is 3. The number of hydrogen-bond acceptors (Lipinski definition) is 6. The van der Waals surface area contributed by atoms with Crippen molar-refractivity contribution >= 4 is 17.2 Å². The van der Waals surface area contributed by atoms with Crippen LogP contribution in [0.25, 0.3) is 0 Å². The highest BCUT2D eigenvalue weighted by Gasteiger charge is 2.58. The molecule has 0 radical (unpaired) electrons. The van der Waals surface area contributed by atoms with Crippen LogP contribution in [0.1, 0.15) is 41.7 Å². The molecule has 0 aromatic carbocycles. The number of aromatic nitrogens is 4. The topological polar surface area (TPSA) is 84.1 Å². The first kappa shape index (κ1) is 19.7. The number of piperidine rings is 1. The molecule has 0 spiro atoms. The van der Waals surface area contributed by atoms with Gasteiger partial charge in [0.25, 0.3) is 0 Å². The second-order valence-electron chi connectivity index (χ2n) is 6.78. The normalized spacial score (nSPS) is 18.5. The second-order valence-corrected chi connectivity index (χ2v) is 7.64. The third kappa shape index (κ3) is 3.84. The van der Waals surface area contributed by atoms with E-state index in [1.54, 1.807) is 10.9 Å². The summed E-state index contributed by atoms with van der Waals surface area (Å²) in [6.45, 7) is 2.15. The van der Waals surface area contributed by atoms with Gasteiger partial charge in [-0.25, -0.2) is 4.98 Å². The molecule has 1 amide bonds. The predicted molar refractivity (Wildman–Crippen MR) is 91.0 cm³/mol. The van der Waals surface area contributed by atoms with Crippen LogP contribution in [0.5, 0.6) is 0 Å². The van der Waals surface area contributed by atoms with E-state index in [0.29, 0.717) is 43.0 Å². The summed E-state index contributed by atoms with van der Waals surface area (Å²) in [5, 5.41) is 19.1. The lowest BCUT2D eigenvalue weighted by molar-refractivity contribution is -0.268. The summed E-state index contributed by atoms with van der Waals surface area (Å²) in [5.74, 6) is 0.163. The van der Waals surface area contributed by atoms with E-state index in [1.807, 2.05) is 7.05 Å². The molecule has 148 valence electrons. The molecule has 27 heavy (non-hydrogen) atoms. The Hall–Kier alpha value is -2.01. The van der Waals surface area contributed by atoms with Crippen LogP contribution >= 0.6 is 11.3 Å². The lowest BCUT2D eigenvalue weighted by Crippen LogP contribution is -2.48. The monoisotopic (exact) mass is 403 g/mol. The molecular formula is C16H20F3N5O2S. The fraction of sp³-hybridized carbons (Fsp3) is 0.625. The standard InChI is InChI=1S/C16H20F3N5O2S/c1-10-8-27-14(21-10)15(26,16(17,18)19)7-12(25)24-5-3-11(4-6-24)13-22-20-9-23(13)2/h8-9,11,26H,3-7H2,1-2H3. The first-order chi connectivity index (χ1) is 12.6. The largest absolute Gasteiger partial charge is 0.424 e. The Bertz CT molecular complexity index is 813. The van der Waals surface area contributed by atoms with Gasteiger partial charge in [0.2, 0.25) is 11.5 Å². The fourth-order valence-electron chi connectivity index (χ4n) is 3.22. The van der Waals surface area contributed by atoms with E-state index in [4.69, 9.17) is 0 Å². The van der Waals surface area contributed by atoms with Crippen molar-refractivity contribution in [3.05, 3.63) is 28.2 Å². The van der Waals surface area contributed by atoms with Gasteiger partial charge in [-0.1, -0.05) is 0 Å². The van der Waals surface area contributed by atoms with Crippen LogP contribution in [0.3, 0.4) is 0 Å². The minimum Gasteiger partial charge on any atom is -0.374 e. The number of amides is 1. The van der Waals surface area contributed by atoms with Gasteiger partial charge >= 0.3 is 6.18 Å². The molecule has 1 N–H and O–H groups in total. The highest BCUT2D eigenvalue weighted by Crippen LogP contribution is 2.43. The summed E-state index contributed by atoms with van der Waals surface area (Å²) in [7, 11) is 1.83. The lowest BCUT2D eigenvalue weighted by atomic mass is 9.94. The molecule has 0 aliphatic carbocycles. The molecule has 1 atom stereocenters. The minimum atomic E-state index is -5.00. The van der Waals surface area contributed by atoms with Gasteiger partial charge < -0.3 is 14.6 Å². The van der Waals surface area contributed by atoms with Crippen molar-refractivity contribution in [2.24, 2.45) is 7.05 Å². The molecule has 1 aliphatic heterocycles. The summed E-state index contributed by atoms with van der Waals surface area (Å²) >= 11 is 0.702. The molecule has 1 fully saturated rings. The van der Waals surface area contributed by atoms with Crippen molar-refractivity contribution in [1.82, 2.24) is 24.6 Å². The molecule has 0 saturated carbocycles. The van der Waals surface area contributed by atoms with E-state index in [9.17, 15) is 23.1 Å². The minimum absolute atomic E-state index is 0.102. The number of hydrogen-bond donors (Lipinski definition) is 1. The maximum absolute atomic E-state index is 13.5. The van der Waals surface area contributed by atoms with Gasteiger partial charge in [0, 0.05) is 37.1 Å². The Balaban J connectivity index is 1.69. The van der Waals surface area contributed by atoms with Crippen LogP contribution in [0.15, 0.2) is 11.7 Å². The molecule has 3 rings (SSSR count). The summed E-state index contributed by atoms with van der Waals surface area (Å²) in [6.07, 6.45) is -3.31. The molecule has 1 aliphatic rings. The van der Waals surface area contributed by atoms with E-state index >= 15 is 0 Å². The number of aliphatic hydroxyl groups is 1. The van der Waals surface area contributed by atoms with Crippen molar-refractivity contribution in [2.75, 3.05) is 13.1 Å². The first-order valence-corrected chi connectivity index (χ1v) is 9.33. The summed E-state index contributed by atoms with van der Waals surface area (Å²) < 4.78 is 42.4. The second kappa shape index (κ2) is 7.19. The van der Waals surface area contributed by atoms with Crippen LogP contribution < -0.4 is 0 Å². The number of carbonyl (C=O) groups excluding carboxylic acids is 1. The third-order valence-corrected chi connectivity index (χ3v) is 5.92. The Morgan fingerprint density at radius 2 is 2.04 bits per heavy atom. The quantitative estimate of drug-likeness (QED) is 0.846. The van der Waals surface area contributed by atoms with Crippen LogP contribution in [0.2, 0.25) is 0 Å². The van der Waals surface area contributed by atoms with Gasteiger partial charge in [0.1, 0.15) is 17.2 Å². The molecular weight excluding hydrogens is 383 g/mol. The van der Waals surface area contributed by atoms with Crippen LogP contribution in [0.4, 0.5) is 13.2 Å². The Morgan fingerprint density at radius 3 is 2.52 bits per heavy atom. The lowest BCUT2D eigenvalue weighted by Gasteiger charge is -2.34. The SMILES string of the molecule is Cc1csc(C(O)(CC(=O)N2CCC(c3nncn3C)CC2)C(F)(F)F)n1. The number of nitrogens with zero attached hydrogens (tertiary/aromatic N) is 5. The van der Waals surface area contributed by atoms with Crippen molar-refractivity contribution < 1.29 is 23.1 Å². The molecule has 3 heterocycles. The van der Waals surface area contributed by atoms with Crippen LogP contribution in [-0.4, -0.2) is 54.9 Å². The predicted octanol–water partition coefficient (Wildman–Crippen LogP) is 2.13. The zero-order valence-electron chi connectivity index (χ0n) is 14.9. The summed E-state index contributed by atoms with van der Waals surface area (Å²) in [6, 6.07) is 0. The van der Waals surface area contributed by atoms with Crippen molar-refractivity contribution in [1.29, 1.82) is 0 Å². The van der Waals surface area contributed by atoms with E-state index in [0.717, 1.165) is 5.82 Å². The molecule has 1 saturated heterocycles. The highest BCUT2D eigenvalue weighted by atomic mass is 32.1. The van der Waals surface area contributed by atoms with E-state index in [2.05, 4.69) is 15.2 Å². The molecule has 7 nitrogen and oxygen atoms in total. The number of carbonyl (C=O) groups is 1. The number of alkyl halides is 3. The van der Waals surface area contributed by atoms with Gasteiger partial charge in [-0.2, -0.15) is 13.2 Å². The fourth-order valence-corrected chi connectivity index (χ4v) is 4.13. The average Bonchev–Trinajstić information content (AvgIpc) is 3.22. The molecule has 2 aromatic rings. The van der Waals surface area contributed by atoms with Crippen LogP contribution in [0, 0.1) is 6.92 Å². The number of thiazole rings is 1. The first-order valence-electron chi connectivity index (χ1n) is 8.45. The third-order valence-electron chi connectivity index (χ3n) is 4.81. The van der Waals surface area contributed by atoms with Gasteiger partial charge in [-0.3, -0.25) is 4.79 Å². The number of likely N-dealkylation sites (tertiary alicyclic amines) is 1. The van der Waals surface area contributed by atoms with E-state index < -0.39 is 29.1 Å². The molecule has 11 heteroatoms. The zero-order chi connectivity index (χ0) is 19.8. The van der Waals surface area contributed by atoms with Crippen LogP contribution in [-0.2, 0) is 17.4 Å². The molecule has 0 bridgehead atoms. The van der Waals surface area contributed by atoms with Gasteiger partial charge in [0.05, 0.1) is 6.42 Å². The smallest absolute Gasteiger partial charge is 0.374 e. The Labute approximate surface area is 157 Å². The maximum Gasteiger partial charge on any atom is 0.424 e.